The largest absolute Gasteiger partial charge is 0.497 e. The van der Waals surface area contributed by atoms with Gasteiger partial charge in [-0.3, -0.25) is 10.1 Å². The zero-order valence-corrected chi connectivity index (χ0v) is 7.14. The van der Waals surface area contributed by atoms with Crippen molar-refractivity contribution in [2.75, 3.05) is 0 Å². The van der Waals surface area contributed by atoms with Crippen LogP contribution in [-0.2, 0) is 6.44 Å². The van der Waals surface area contributed by atoms with E-state index in [9.17, 15) is 27.9 Å². The first kappa shape index (κ1) is 11.2. The van der Waals surface area contributed by atoms with Gasteiger partial charge < -0.3 is 17.5 Å². The van der Waals surface area contributed by atoms with Crippen LogP contribution in [0, 0.1) is 10.1 Å². The van der Waals surface area contributed by atoms with Crippen LogP contribution in [0.4, 0.5) is 18.6 Å². The van der Waals surface area contributed by atoms with E-state index in [1.54, 1.807) is 0 Å². The van der Waals surface area contributed by atoms with Gasteiger partial charge in [-0.05, 0) is 6.44 Å². The lowest BCUT2D eigenvalue weighted by molar-refractivity contribution is -0.385. The van der Waals surface area contributed by atoms with E-state index in [1.165, 1.54) is 0 Å². The lowest BCUT2D eigenvalue weighted by Gasteiger charge is -2.14. The Morgan fingerprint density at radius 2 is 2.13 bits per heavy atom. The summed E-state index contributed by atoms with van der Waals surface area (Å²) in [5, 5.41) is 10.2. The van der Waals surface area contributed by atoms with Crippen molar-refractivity contribution in [1.29, 1.82) is 0 Å². The molecule has 0 aliphatic carbocycles. The molecule has 1 aromatic heterocycles. The number of halogens is 3. The molecule has 0 saturated heterocycles. The summed E-state index contributed by atoms with van der Waals surface area (Å²) in [5.74, 6) is 0. The van der Waals surface area contributed by atoms with Gasteiger partial charge >= 0.3 is 18.4 Å². The smallest absolute Gasteiger partial charge is 0.448 e. The molecule has 0 N–H and O–H groups in total. The molecule has 1 heterocycles. The molecule has 0 atom stereocenters. The van der Waals surface area contributed by atoms with E-state index in [-0.39, 0.29) is 4.57 Å². The normalized spacial score (nSPS) is 11.4. The second-order valence-electron chi connectivity index (χ2n) is 2.71. The maximum Gasteiger partial charge on any atom is 0.497 e. The van der Waals surface area contributed by atoms with Gasteiger partial charge in [0.05, 0.1) is 11.1 Å². The summed E-state index contributed by atoms with van der Waals surface area (Å²) in [7, 11) is 0. The zero-order valence-electron chi connectivity index (χ0n) is 7.14. The molecule has 0 aromatic carbocycles. The molecule has 15 heavy (non-hydrogen) atoms. The highest BCUT2D eigenvalue weighted by atomic mass is 19.4. The number of nitrogens with zero attached hydrogens (tertiary/aromatic N) is 3. The van der Waals surface area contributed by atoms with Crippen LogP contribution in [0.2, 0.25) is 0 Å². The van der Waals surface area contributed by atoms with Gasteiger partial charge in [0.15, 0.2) is 0 Å². The van der Waals surface area contributed by atoms with Gasteiger partial charge in [0, 0.05) is 0 Å². The molecule has 0 radical (unpaired) electrons. The molecule has 0 aliphatic rings. The van der Waals surface area contributed by atoms with E-state index < -0.39 is 29.7 Å². The van der Waals surface area contributed by atoms with Crippen molar-refractivity contribution in [3.63, 3.8) is 0 Å². The van der Waals surface area contributed by atoms with E-state index in [4.69, 9.17) is 0 Å². The van der Waals surface area contributed by atoms with E-state index >= 15 is 0 Å². The van der Waals surface area contributed by atoms with Crippen LogP contribution < -0.4 is 5.69 Å². The Kier molecular flexibility index (Phi) is 2.77. The molecule has 0 amide bonds. The summed E-state index contributed by atoms with van der Waals surface area (Å²) in [5.41, 5.74) is -1.82. The van der Waals surface area contributed by atoms with Gasteiger partial charge in [0.1, 0.15) is 6.20 Å². The van der Waals surface area contributed by atoms with Crippen LogP contribution in [0.15, 0.2) is 17.2 Å². The zero-order chi connectivity index (χ0) is 11.6. The standard InChI is InChI=1S/C5H4BF3N3O3/c7-6(8,9)3-11-2-4(12(14)15)1-10-5(11)13/h1-2H,3H2/q-1. The number of rotatable bonds is 3. The quantitative estimate of drug-likeness (QED) is 0.424. The molecular formula is C5H4BF3N3O3-. The van der Waals surface area contributed by atoms with Crippen molar-refractivity contribution in [2.45, 2.75) is 6.44 Å². The second-order valence-corrected chi connectivity index (χ2v) is 2.71. The summed E-state index contributed by atoms with van der Waals surface area (Å²) in [6.07, 6.45) is -0.402. The van der Waals surface area contributed by atoms with Gasteiger partial charge in [0.25, 0.3) is 0 Å². The molecule has 82 valence electrons. The molecule has 0 saturated carbocycles. The third-order valence-electron chi connectivity index (χ3n) is 1.46. The molecule has 10 heteroatoms. The summed E-state index contributed by atoms with van der Waals surface area (Å²) < 4.78 is 36.0. The van der Waals surface area contributed by atoms with Gasteiger partial charge in [-0.1, -0.05) is 0 Å². The lowest BCUT2D eigenvalue weighted by atomic mass is 9.92. The maximum atomic E-state index is 12.0. The Balaban J connectivity index is 3.12. The Morgan fingerprint density at radius 1 is 1.53 bits per heavy atom. The van der Waals surface area contributed by atoms with Crippen LogP contribution in [0.1, 0.15) is 0 Å². The van der Waals surface area contributed by atoms with Crippen molar-refractivity contribution in [1.82, 2.24) is 9.55 Å². The highest BCUT2D eigenvalue weighted by molar-refractivity contribution is 6.57. The summed E-state index contributed by atoms with van der Waals surface area (Å²) >= 11 is 0. The van der Waals surface area contributed by atoms with Crippen LogP contribution in [0.5, 0.6) is 0 Å². The van der Waals surface area contributed by atoms with Gasteiger partial charge in [-0.2, -0.15) is 4.98 Å². The minimum atomic E-state index is -5.24. The van der Waals surface area contributed by atoms with Crippen molar-refractivity contribution < 1.29 is 17.9 Å². The Bertz CT molecular complexity index is 443. The highest BCUT2D eigenvalue weighted by Crippen LogP contribution is 2.12. The first-order valence-electron chi connectivity index (χ1n) is 3.71. The van der Waals surface area contributed by atoms with Crippen LogP contribution in [0.25, 0.3) is 0 Å². The highest BCUT2D eigenvalue weighted by Gasteiger charge is 2.25. The number of hydrogen-bond acceptors (Lipinski definition) is 4. The minimum Gasteiger partial charge on any atom is -0.448 e. The van der Waals surface area contributed by atoms with E-state index in [2.05, 4.69) is 4.98 Å². The topological polar surface area (TPSA) is 78.0 Å². The second kappa shape index (κ2) is 3.71. The van der Waals surface area contributed by atoms with Gasteiger partial charge in [0.2, 0.25) is 0 Å². The molecule has 0 bridgehead atoms. The Morgan fingerprint density at radius 3 is 2.60 bits per heavy atom. The molecule has 0 aliphatic heterocycles. The van der Waals surface area contributed by atoms with Crippen LogP contribution in [-0.4, -0.2) is 21.5 Å². The third kappa shape index (κ3) is 3.07. The fourth-order valence-electron chi connectivity index (χ4n) is 0.892. The maximum absolute atomic E-state index is 12.0. The SMILES string of the molecule is O=c1ncc([N+](=O)[O-])cn1C[B-](F)(F)F. The lowest BCUT2D eigenvalue weighted by Crippen LogP contribution is -2.32. The fourth-order valence-corrected chi connectivity index (χ4v) is 0.892. The van der Waals surface area contributed by atoms with Crippen molar-refractivity contribution in [3.8, 4) is 0 Å². The Labute approximate surface area is 80.6 Å². The monoisotopic (exact) mass is 222 g/mol. The molecule has 6 nitrogen and oxygen atoms in total. The van der Waals surface area contributed by atoms with E-state index in [0.717, 1.165) is 0 Å². The van der Waals surface area contributed by atoms with Crippen molar-refractivity contribution in [3.05, 3.63) is 33.0 Å². The molecular weight excluding hydrogens is 218 g/mol. The molecule has 0 spiro atoms. The minimum absolute atomic E-state index is 0.165. The van der Waals surface area contributed by atoms with Gasteiger partial charge in [-0.15, -0.1) is 0 Å². The first-order valence-corrected chi connectivity index (χ1v) is 3.71. The fraction of sp³-hybridized carbons (Fsp3) is 0.200. The van der Waals surface area contributed by atoms with Crippen LogP contribution in [0.3, 0.4) is 0 Å². The summed E-state index contributed by atoms with van der Waals surface area (Å²) in [6.45, 7) is -5.24. The number of hydrogen-bond donors (Lipinski definition) is 0. The predicted octanol–water partition coefficient (Wildman–Crippen LogP) is 0.538. The van der Waals surface area contributed by atoms with Crippen molar-refractivity contribution in [2.24, 2.45) is 0 Å². The summed E-state index contributed by atoms with van der Waals surface area (Å²) in [4.78, 5) is 23.1. The molecule has 0 fully saturated rings. The number of nitro groups is 1. The first-order chi connectivity index (χ1) is 6.79. The average molecular weight is 222 g/mol. The van der Waals surface area contributed by atoms with Gasteiger partial charge in [-0.25, -0.2) is 4.79 Å². The molecule has 1 rings (SSSR count). The van der Waals surface area contributed by atoms with E-state index in [1.807, 2.05) is 0 Å². The third-order valence-corrected chi connectivity index (χ3v) is 1.46. The number of aromatic nitrogens is 2. The average Bonchev–Trinajstić information content (AvgIpc) is 2.06. The molecule has 0 unspecified atom stereocenters. The summed E-state index contributed by atoms with van der Waals surface area (Å²) in [6, 6.07) is 0. The Hall–Kier alpha value is -1.87. The van der Waals surface area contributed by atoms with Crippen molar-refractivity contribution >= 4 is 12.7 Å². The molecule has 1 aromatic rings. The predicted molar refractivity (Wildman–Crippen MR) is 44.2 cm³/mol. The van der Waals surface area contributed by atoms with Crippen LogP contribution >= 0.6 is 0 Å². The van der Waals surface area contributed by atoms with E-state index in [0.29, 0.717) is 12.4 Å².